The molecule has 1 aromatic carbocycles. The largest absolute Gasteiger partial charge is 0.338 e. The molecule has 1 atom stereocenters. The highest BCUT2D eigenvalue weighted by atomic mass is 32.2. The summed E-state index contributed by atoms with van der Waals surface area (Å²) in [6, 6.07) is 2.15. The SMILES string of the molecule is Cc1cc(S(N)(=O)=O)cc(C(=O)N2CCC(C)C2)c1F. The fourth-order valence-electron chi connectivity index (χ4n) is 2.35. The van der Waals surface area contributed by atoms with Gasteiger partial charge in [0.15, 0.2) is 0 Å². The number of carbonyl (C=O) groups excluding carboxylic acids is 1. The monoisotopic (exact) mass is 300 g/mol. The Morgan fingerprint density at radius 2 is 2.10 bits per heavy atom. The lowest BCUT2D eigenvalue weighted by atomic mass is 10.1. The van der Waals surface area contributed by atoms with Crippen molar-refractivity contribution in [3.63, 3.8) is 0 Å². The number of nitrogens with two attached hydrogens (primary N) is 1. The topological polar surface area (TPSA) is 80.5 Å². The van der Waals surface area contributed by atoms with E-state index in [0.717, 1.165) is 18.6 Å². The molecule has 0 spiro atoms. The number of hydrogen-bond donors (Lipinski definition) is 1. The highest BCUT2D eigenvalue weighted by molar-refractivity contribution is 7.89. The Hall–Kier alpha value is -1.47. The van der Waals surface area contributed by atoms with Crippen molar-refractivity contribution in [3.05, 3.63) is 29.1 Å². The molecule has 20 heavy (non-hydrogen) atoms. The molecule has 1 heterocycles. The number of aryl methyl sites for hydroxylation is 1. The van der Waals surface area contributed by atoms with Gasteiger partial charge >= 0.3 is 0 Å². The Labute approximate surface area is 117 Å². The van der Waals surface area contributed by atoms with E-state index in [1.165, 1.54) is 11.8 Å². The van der Waals surface area contributed by atoms with Crippen molar-refractivity contribution >= 4 is 15.9 Å². The van der Waals surface area contributed by atoms with Crippen LogP contribution in [0.3, 0.4) is 0 Å². The van der Waals surface area contributed by atoms with Crippen molar-refractivity contribution in [2.75, 3.05) is 13.1 Å². The molecule has 0 radical (unpaired) electrons. The van der Waals surface area contributed by atoms with Crippen LogP contribution in [0.5, 0.6) is 0 Å². The van der Waals surface area contributed by atoms with Gasteiger partial charge in [-0.15, -0.1) is 0 Å². The van der Waals surface area contributed by atoms with E-state index >= 15 is 0 Å². The van der Waals surface area contributed by atoms with Crippen LogP contribution >= 0.6 is 0 Å². The first-order valence-electron chi connectivity index (χ1n) is 6.32. The van der Waals surface area contributed by atoms with Crippen molar-refractivity contribution in [1.82, 2.24) is 4.90 Å². The number of likely N-dealkylation sites (tertiary alicyclic amines) is 1. The van der Waals surface area contributed by atoms with Crippen LogP contribution in [0.25, 0.3) is 0 Å². The van der Waals surface area contributed by atoms with Crippen LogP contribution < -0.4 is 5.14 Å². The maximum Gasteiger partial charge on any atom is 0.256 e. The third-order valence-electron chi connectivity index (χ3n) is 3.50. The second kappa shape index (κ2) is 5.14. The molecule has 1 unspecified atom stereocenters. The first-order chi connectivity index (χ1) is 9.20. The van der Waals surface area contributed by atoms with Crippen LogP contribution in [0.4, 0.5) is 4.39 Å². The smallest absolute Gasteiger partial charge is 0.256 e. The standard InChI is InChI=1S/C13H17FN2O3S/c1-8-3-4-16(7-8)13(17)11-6-10(20(15,18)19)5-9(2)12(11)14/h5-6,8H,3-4,7H2,1-2H3,(H2,15,18,19). The summed E-state index contributed by atoms with van der Waals surface area (Å²) < 4.78 is 36.8. The van der Waals surface area contributed by atoms with Gasteiger partial charge in [-0.05, 0) is 37.0 Å². The second-order valence-electron chi connectivity index (χ2n) is 5.29. The van der Waals surface area contributed by atoms with Crippen LogP contribution in [0.1, 0.15) is 29.3 Å². The zero-order valence-electron chi connectivity index (χ0n) is 11.4. The molecule has 1 fully saturated rings. The fourth-order valence-corrected chi connectivity index (χ4v) is 2.97. The van der Waals surface area contributed by atoms with Gasteiger partial charge in [0.1, 0.15) is 5.82 Å². The summed E-state index contributed by atoms with van der Waals surface area (Å²) in [7, 11) is -3.97. The average molecular weight is 300 g/mol. The maximum atomic E-state index is 14.1. The number of amides is 1. The van der Waals surface area contributed by atoms with Crippen molar-refractivity contribution < 1.29 is 17.6 Å². The van der Waals surface area contributed by atoms with Gasteiger partial charge < -0.3 is 4.90 Å². The Morgan fingerprint density at radius 3 is 2.60 bits per heavy atom. The van der Waals surface area contributed by atoms with Crippen molar-refractivity contribution in [1.29, 1.82) is 0 Å². The highest BCUT2D eigenvalue weighted by Crippen LogP contribution is 2.23. The predicted molar refractivity (Wildman–Crippen MR) is 72.2 cm³/mol. The third-order valence-corrected chi connectivity index (χ3v) is 4.39. The molecule has 1 aromatic rings. The molecule has 1 aliphatic heterocycles. The summed E-state index contributed by atoms with van der Waals surface area (Å²) in [6.45, 7) is 4.53. The minimum atomic E-state index is -3.97. The fraction of sp³-hybridized carbons (Fsp3) is 0.462. The molecule has 110 valence electrons. The summed E-state index contributed by atoms with van der Waals surface area (Å²) in [4.78, 5) is 13.6. The number of benzene rings is 1. The lowest BCUT2D eigenvalue weighted by Gasteiger charge is -2.17. The minimum absolute atomic E-state index is 0.0899. The van der Waals surface area contributed by atoms with Gasteiger partial charge in [-0.3, -0.25) is 4.79 Å². The van der Waals surface area contributed by atoms with Crippen LogP contribution in [-0.2, 0) is 10.0 Å². The normalized spacial score (nSPS) is 19.4. The molecular weight excluding hydrogens is 283 g/mol. The summed E-state index contributed by atoms with van der Waals surface area (Å²) in [5, 5.41) is 5.05. The Bertz CT molecular complexity index is 658. The number of nitrogens with zero attached hydrogens (tertiary/aromatic N) is 1. The Morgan fingerprint density at radius 1 is 1.45 bits per heavy atom. The van der Waals surface area contributed by atoms with E-state index in [-0.39, 0.29) is 16.0 Å². The first kappa shape index (κ1) is 14.9. The van der Waals surface area contributed by atoms with E-state index in [9.17, 15) is 17.6 Å². The lowest BCUT2D eigenvalue weighted by Crippen LogP contribution is -2.29. The van der Waals surface area contributed by atoms with Gasteiger partial charge in [0.25, 0.3) is 5.91 Å². The zero-order chi connectivity index (χ0) is 15.1. The van der Waals surface area contributed by atoms with E-state index in [4.69, 9.17) is 5.14 Å². The first-order valence-corrected chi connectivity index (χ1v) is 7.87. The third kappa shape index (κ3) is 2.83. The second-order valence-corrected chi connectivity index (χ2v) is 6.85. The van der Waals surface area contributed by atoms with Crippen LogP contribution in [0.2, 0.25) is 0 Å². The molecule has 0 aliphatic carbocycles. The highest BCUT2D eigenvalue weighted by Gasteiger charge is 2.27. The number of primary sulfonamides is 1. The van der Waals surface area contributed by atoms with Gasteiger partial charge in [0.2, 0.25) is 10.0 Å². The van der Waals surface area contributed by atoms with Gasteiger partial charge in [-0.2, -0.15) is 0 Å². The quantitative estimate of drug-likeness (QED) is 0.893. The van der Waals surface area contributed by atoms with Gasteiger partial charge in [0.05, 0.1) is 10.5 Å². The lowest BCUT2D eigenvalue weighted by molar-refractivity contribution is 0.0783. The average Bonchev–Trinajstić information content (AvgIpc) is 2.77. The molecule has 5 nitrogen and oxygen atoms in total. The van der Waals surface area contributed by atoms with Crippen LogP contribution in [0, 0.1) is 18.7 Å². The van der Waals surface area contributed by atoms with Gasteiger partial charge in [-0.25, -0.2) is 17.9 Å². The molecule has 0 saturated carbocycles. The molecule has 1 amide bonds. The molecule has 7 heteroatoms. The predicted octanol–water partition coefficient (Wildman–Crippen LogP) is 1.26. The molecular formula is C13H17FN2O3S. The number of sulfonamides is 1. The summed E-state index contributed by atoms with van der Waals surface area (Å²) in [6.07, 6.45) is 0.862. The number of hydrogen-bond acceptors (Lipinski definition) is 3. The summed E-state index contributed by atoms with van der Waals surface area (Å²) in [5.41, 5.74) is -0.143. The maximum absolute atomic E-state index is 14.1. The van der Waals surface area contributed by atoms with E-state index in [0.29, 0.717) is 19.0 Å². The minimum Gasteiger partial charge on any atom is -0.338 e. The van der Waals surface area contributed by atoms with E-state index in [2.05, 4.69) is 0 Å². The number of halogens is 1. The molecule has 0 aromatic heterocycles. The molecule has 2 rings (SSSR count). The van der Waals surface area contributed by atoms with E-state index in [1.807, 2.05) is 6.92 Å². The summed E-state index contributed by atoms with van der Waals surface area (Å²) >= 11 is 0. The molecule has 1 saturated heterocycles. The van der Waals surface area contributed by atoms with Crippen molar-refractivity contribution in [3.8, 4) is 0 Å². The van der Waals surface area contributed by atoms with Crippen molar-refractivity contribution in [2.24, 2.45) is 11.1 Å². The van der Waals surface area contributed by atoms with E-state index < -0.39 is 21.7 Å². The molecule has 1 aliphatic rings. The van der Waals surface area contributed by atoms with Crippen LogP contribution in [0.15, 0.2) is 17.0 Å². The Balaban J connectivity index is 2.45. The number of rotatable bonds is 2. The zero-order valence-corrected chi connectivity index (χ0v) is 12.2. The van der Waals surface area contributed by atoms with Gasteiger partial charge in [-0.1, -0.05) is 6.92 Å². The van der Waals surface area contributed by atoms with Gasteiger partial charge in [0, 0.05) is 13.1 Å². The molecule has 0 bridgehead atoms. The van der Waals surface area contributed by atoms with E-state index in [1.54, 1.807) is 0 Å². The summed E-state index contributed by atoms with van der Waals surface area (Å²) in [5.74, 6) is -0.813. The Kier molecular flexibility index (Phi) is 3.84. The van der Waals surface area contributed by atoms with Crippen LogP contribution in [-0.4, -0.2) is 32.3 Å². The van der Waals surface area contributed by atoms with Crippen molar-refractivity contribution in [2.45, 2.75) is 25.2 Å². The number of carbonyl (C=O) groups is 1. The molecule has 2 N–H and O–H groups in total.